The molecule has 1 saturated heterocycles. The van der Waals surface area contributed by atoms with Crippen molar-refractivity contribution in [2.24, 2.45) is 0 Å². The fourth-order valence-electron chi connectivity index (χ4n) is 3.90. The summed E-state index contributed by atoms with van der Waals surface area (Å²) in [7, 11) is 0. The van der Waals surface area contributed by atoms with Crippen LogP contribution >= 0.6 is 11.3 Å². The van der Waals surface area contributed by atoms with Crippen LogP contribution in [-0.4, -0.2) is 52.0 Å². The van der Waals surface area contributed by atoms with Gasteiger partial charge >= 0.3 is 0 Å². The van der Waals surface area contributed by atoms with E-state index in [-0.39, 0.29) is 5.56 Å². The van der Waals surface area contributed by atoms with E-state index in [9.17, 15) is 4.79 Å². The number of fused-ring (bicyclic) bond motifs is 2. The molecule has 0 aliphatic carbocycles. The summed E-state index contributed by atoms with van der Waals surface area (Å²) in [5.41, 5.74) is 3.59. The lowest BCUT2D eigenvalue weighted by Gasteiger charge is -2.34. The molecular formula is C20H22N4O2S. The molecule has 3 aromatic rings. The third-order valence-corrected chi connectivity index (χ3v) is 6.12. The van der Waals surface area contributed by atoms with Gasteiger partial charge in [0.2, 0.25) is 0 Å². The summed E-state index contributed by atoms with van der Waals surface area (Å²) >= 11 is 1.50. The zero-order chi connectivity index (χ0) is 18.2. The van der Waals surface area contributed by atoms with Crippen LogP contribution in [0.2, 0.25) is 0 Å². The molecule has 0 atom stereocenters. The van der Waals surface area contributed by atoms with Gasteiger partial charge in [-0.05, 0) is 17.2 Å². The monoisotopic (exact) mass is 382 g/mol. The van der Waals surface area contributed by atoms with Crippen molar-refractivity contribution in [2.75, 3.05) is 32.8 Å². The molecule has 5 rings (SSSR count). The van der Waals surface area contributed by atoms with E-state index in [0.717, 1.165) is 68.7 Å². The fraction of sp³-hybridized carbons (Fsp3) is 0.400. The highest BCUT2D eigenvalue weighted by molar-refractivity contribution is 7.15. The van der Waals surface area contributed by atoms with Crippen molar-refractivity contribution in [1.29, 1.82) is 0 Å². The average molecular weight is 382 g/mol. The van der Waals surface area contributed by atoms with Gasteiger partial charge in [0.25, 0.3) is 5.56 Å². The quantitative estimate of drug-likeness (QED) is 0.691. The van der Waals surface area contributed by atoms with Crippen molar-refractivity contribution < 1.29 is 4.74 Å². The Hall–Kier alpha value is -2.22. The van der Waals surface area contributed by atoms with Crippen LogP contribution in [0.3, 0.4) is 0 Å². The largest absolute Gasteiger partial charge is 0.493 e. The van der Waals surface area contributed by atoms with Gasteiger partial charge in [-0.1, -0.05) is 12.1 Å². The first-order valence-corrected chi connectivity index (χ1v) is 10.3. The summed E-state index contributed by atoms with van der Waals surface area (Å²) in [5.74, 6) is 1.05. The van der Waals surface area contributed by atoms with Crippen LogP contribution in [0.15, 0.2) is 40.6 Å². The zero-order valence-electron chi connectivity index (χ0n) is 15.1. The molecule has 0 saturated carbocycles. The first-order valence-electron chi connectivity index (χ1n) is 9.40. The number of hydrogen-bond acceptors (Lipinski definition) is 6. The van der Waals surface area contributed by atoms with Gasteiger partial charge in [-0.3, -0.25) is 19.0 Å². The third kappa shape index (κ3) is 3.50. The Morgan fingerprint density at radius 2 is 1.89 bits per heavy atom. The minimum absolute atomic E-state index is 0.00970. The summed E-state index contributed by atoms with van der Waals surface area (Å²) < 4.78 is 7.20. The maximum absolute atomic E-state index is 12.1. The summed E-state index contributed by atoms with van der Waals surface area (Å²) in [5, 5.41) is 1.90. The maximum Gasteiger partial charge on any atom is 0.258 e. The topological polar surface area (TPSA) is 50.1 Å². The van der Waals surface area contributed by atoms with Crippen LogP contribution in [0.1, 0.15) is 16.8 Å². The molecule has 27 heavy (non-hydrogen) atoms. The van der Waals surface area contributed by atoms with E-state index in [1.165, 1.54) is 22.5 Å². The van der Waals surface area contributed by atoms with Crippen molar-refractivity contribution in [2.45, 2.75) is 19.5 Å². The summed E-state index contributed by atoms with van der Waals surface area (Å²) in [4.78, 5) is 22.4. The van der Waals surface area contributed by atoms with Crippen LogP contribution in [0, 0.1) is 0 Å². The second-order valence-electron chi connectivity index (χ2n) is 7.23. The van der Waals surface area contributed by atoms with E-state index in [1.807, 2.05) is 5.38 Å². The lowest BCUT2D eigenvalue weighted by molar-refractivity contribution is 0.121. The SMILES string of the molecule is O=c1cc(CN2CCN(Cc3ccc4c(c3)CCO4)CC2)nc2sccn12. The van der Waals surface area contributed by atoms with Gasteiger partial charge in [0.05, 0.1) is 12.3 Å². The average Bonchev–Trinajstić information content (AvgIpc) is 3.32. The molecule has 2 aliphatic rings. The highest BCUT2D eigenvalue weighted by atomic mass is 32.1. The molecule has 1 fully saturated rings. The Kier molecular flexibility index (Phi) is 4.43. The number of rotatable bonds is 4. The van der Waals surface area contributed by atoms with E-state index in [1.54, 1.807) is 16.7 Å². The highest BCUT2D eigenvalue weighted by Crippen LogP contribution is 2.26. The summed E-state index contributed by atoms with van der Waals surface area (Å²) in [6.07, 6.45) is 2.81. The lowest BCUT2D eigenvalue weighted by atomic mass is 10.1. The van der Waals surface area contributed by atoms with Crippen LogP contribution in [0.4, 0.5) is 0 Å². The van der Waals surface area contributed by atoms with Crippen molar-refractivity contribution in [3.8, 4) is 5.75 Å². The van der Waals surface area contributed by atoms with Crippen molar-refractivity contribution in [3.63, 3.8) is 0 Å². The minimum Gasteiger partial charge on any atom is -0.493 e. The van der Waals surface area contributed by atoms with Crippen LogP contribution in [0.5, 0.6) is 5.75 Å². The molecule has 0 spiro atoms. The van der Waals surface area contributed by atoms with Crippen molar-refractivity contribution >= 4 is 16.3 Å². The van der Waals surface area contributed by atoms with Crippen molar-refractivity contribution in [1.82, 2.24) is 19.2 Å². The Morgan fingerprint density at radius 1 is 1.07 bits per heavy atom. The molecule has 0 radical (unpaired) electrons. The Balaban J connectivity index is 1.19. The second kappa shape index (κ2) is 7.07. The van der Waals surface area contributed by atoms with Crippen LogP contribution in [0.25, 0.3) is 4.96 Å². The van der Waals surface area contributed by atoms with E-state index in [4.69, 9.17) is 4.74 Å². The fourth-order valence-corrected chi connectivity index (χ4v) is 4.64. The molecular weight excluding hydrogens is 360 g/mol. The number of nitrogens with zero attached hydrogens (tertiary/aromatic N) is 4. The molecule has 4 heterocycles. The van der Waals surface area contributed by atoms with Gasteiger partial charge in [0.15, 0.2) is 4.96 Å². The number of ether oxygens (including phenoxy) is 1. The molecule has 1 aromatic carbocycles. The van der Waals surface area contributed by atoms with Gasteiger partial charge in [0.1, 0.15) is 5.75 Å². The predicted octanol–water partition coefficient (Wildman–Crippen LogP) is 2.01. The number of hydrogen-bond donors (Lipinski definition) is 0. The molecule has 0 unspecified atom stereocenters. The van der Waals surface area contributed by atoms with Gasteiger partial charge in [0, 0.05) is 63.3 Å². The summed E-state index contributed by atoms with van der Waals surface area (Å²) in [6, 6.07) is 8.25. The highest BCUT2D eigenvalue weighted by Gasteiger charge is 2.19. The molecule has 140 valence electrons. The van der Waals surface area contributed by atoms with Crippen LogP contribution < -0.4 is 10.3 Å². The van der Waals surface area contributed by atoms with Gasteiger partial charge in [-0.25, -0.2) is 4.98 Å². The molecule has 0 N–H and O–H groups in total. The van der Waals surface area contributed by atoms with Gasteiger partial charge in [-0.2, -0.15) is 0 Å². The molecule has 2 aromatic heterocycles. The molecule has 6 nitrogen and oxygen atoms in total. The Bertz CT molecular complexity index is 1020. The number of thiazole rings is 1. The first kappa shape index (κ1) is 16.9. The van der Waals surface area contributed by atoms with E-state index >= 15 is 0 Å². The maximum atomic E-state index is 12.1. The first-order chi connectivity index (χ1) is 13.2. The predicted molar refractivity (Wildman–Crippen MR) is 106 cm³/mol. The van der Waals surface area contributed by atoms with Gasteiger partial charge < -0.3 is 4.74 Å². The van der Waals surface area contributed by atoms with E-state index < -0.39 is 0 Å². The second-order valence-corrected chi connectivity index (χ2v) is 8.11. The van der Waals surface area contributed by atoms with E-state index in [2.05, 4.69) is 33.0 Å². The van der Waals surface area contributed by atoms with Crippen molar-refractivity contribution in [3.05, 3.63) is 63.0 Å². The molecule has 0 bridgehead atoms. The third-order valence-electron chi connectivity index (χ3n) is 5.37. The summed E-state index contributed by atoms with van der Waals surface area (Å²) in [6.45, 7) is 6.61. The smallest absolute Gasteiger partial charge is 0.258 e. The molecule has 2 aliphatic heterocycles. The Labute approximate surface area is 161 Å². The lowest BCUT2D eigenvalue weighted by Crippen LogP contribution is -2.45. The standard InChI is InChI=1S/C20H22N4O2S/c25-19-12-17(21-20-24(19)8-10-27-20)14-23-6-4-22(5-7-23)13-15-1-2-18-16(11-15)3-9-26-18/h1-2,8,10-12H,3-7,9,13-14H2. The zero-order valence-corrected chi connectivity index (χ0v) is 16.0. The van der Waals surface area contributed by atoms with Gasteiger partial charge in [-0.15, -0.1) is 11.3 Å². The Morgan fingerprint density at radius 3 is 2.74 bits per heavy atom. The normalized spacial score (nSPS) is 17.9. The van der Waals surface area contributed by atoms with E-state index in [0.29, 0.717) is 0 Å². The molecule has 0 amide bonds. The minimum atomic E-state index is 0.00970. The number of piperazine rings is 1. The number of benzene rings is 1. The number of aromatic nitrogens is 2. The van der Waals surface area contributed by atoms with Crippen LogP contribution in [-0.2, 0) is 19.5 Å². The molecule has 7 heteroatoms.